The highest BCUT2D eigenvalue weighted by Gasteiger charge is 2.14. The average molecular weight is 288 g/mol. The first-order valence-corrected chi connectivity index (χ1v) is 5.67. The molecule has 0 fully saturated rings. The van der Waals surface area contributed by atoms with Crippen molar-refractivity contribution in [1.29, 1.82) is 0 Å². The number of fused-ring (bicyclic) bond motifs is 1. The molecule has 0 bridgehead atoms. The summed E-state index contributed by atoms with van der Waals surface area (Å²) >= 11 is 2.35. The molecule has 1 aromatic carbocycles. The van der Waals surface area contributed by atoms with Crippen molar-refractivity contribution < 1.29 is 0 Å². The molecule has 0 unspecified atom stereocenters. The molecule has 1 heterocycles. The largest absolute Gasteiger partial charge is 0.382 e. The van der Waals surface area contributed by atoms with Crippen molar-refractivity contribution in [1.82, 2.24) is 0 Å². The topological polar surface area (TPSA) is 15.3 Å². The Balaban J connectivity index is 2.40. The Morgan fingerprint density at radius 2 is 2.38 bits per heavy atom. The van der Waals surface area contributed by atoms with Crippen LogP contribution in [0.15, 0.2) is 18.2 Å². The van der Waals surface area contributed by atoms with Crippen LogP contribution in [-0.4, -0.2) is 19.6 Å². The summed E-state index contributed by atoms with van der Waals surface area (Å²) in [6, 6.07) is 6.57. The lowest BCUT2D eigenvalue weighted by atomic mass is 10.2. The standard InChI is InChI=1S/C10H13IN2/c1-2-13-6-5-12-9-7-8(11)3-4-10(9)13/h3-4,7,12H,2,5-6H2,1H3. The minimum absolute atomic E-state index is 1.06. The molecule has 3 heteroatoms. The Morgan fingerprint density at radius 3 is 3.15 bits per heavy atom. The molecule has 0 atom stereocenters. The Labute approximate surface area is 92.5 Å². The van der Waals surface area contributed by atoms with Gasteiger partial charge in [0.15, 0.2) is 0 Å². The van der Waals surface area contributed by atoms with Crippen LogP contribution >= 0.6 is 22.6 Å². The van der Waals surface area contributed by atoms with Crippen LogP contribution in [0.5, 0.6) is 0 Å². The average Bonchev–Trinajstić information content (AvgIpc) is 2.16. The first-order valence-electron chi connectivity index (χ1n) is 4.59. The van der Waals surface area contributed by atoms with E-state index < -0.39 is 0 Å². The van der Waals surface area contributed by atoms with Crippen molar-refractivity contribution in [3.63, 3.8) is 0 Å². The van der Waals surface area contributed by atoms with Crippen LogP contribution in [-0.2, 0) is 0 Å². The van der Waals surface area contributed by atoms with Gasteiger partial charge >= 0.3 is 0 Å². The quantitative estimate of drug-likeness (QED) is 0.799. The van der Waals surface area contributed by atoms with E-state index in [1.807, 2.05) is 0 Å². The molecule has 70 valence electrons. The molecule has 0 spiro atoms. The third-order valence-electron chi connectivity index (χ3n) is 2.38. The van der Waals surface area contributed by atoms with E-state index in [0.717, 1.165) is 19.6 Å². The Morgan fingerprint density at radius 1 is 1.54 bits per heavy atom. The van der Waals surface area contributed by atoms with Gasteiger partial charge in [-0.25, -0.2) is 0 Å². The number of nitrogens with zero attached hydrogens (tertiary/aromatic N) is 1. The SMILES string of the molecule is CCN1CCNc2cc(I)ccc21. The molecular formula is C10H13IN2. The summed E-state index contributed by atoms with van der Waals surface area (Å²) in [6.45, 7) is 5.47. The van der Waals surface area contributed by atoms with Gasteiger partial charge in [0.2, 0.25) is 0 Å². The van der Waals surface area contributed by atoms with E-state index in [0.29, 0.717) is 0 Å². The fraction of sp³-hybridized carbons (Fsp3) is 0.400. The number of nitrogens with one attached hydrogen (secondary N) is 1. The molecule has 0 aromatic heterocycles. The molecule has 13 heavy (non-hydrogen) atoms. The van der Waals surface area contributed by atoms with Gasteiger partial charge in [0.1, 0.15) is 0 Å². The van der Waals surface area contributed by atoms with Crippen LogP contribution in [0, 0.1) is 3.57 Å². The van der Waals surface area contributed by atoms with Gasteiger partial charge in [0, 0.05) is 23.2 Å². The summed E-state index contributed by atoms with van der Waals surface area (Å²) in [6.07, 6.45) is 0. The number of hydrogen-bond donors (Lipinski definition) is 1. The number of benzene rings is 1. The van der Waals surface area contributed by atoms with Gasteiger partial charge in [-0.1, -0.05) is 0 Å². The maximum Gasteiger partial charge on any atom is 0.0603 e. The molecule has 2 rings (SSSR count). The lowest BCUT2D eigenvalue weighted by Crippen LogP contribution is -2.33. The molecule has 0 saturated carbocycles. The predicted octanol–water partition coefficient (Wildman–Crippen LogP) is 2.54. The molecule has 2 nitrogen and oxygen atoms in total. The van der Waals surface area contributed by atoms with Gasteiger partial charge in [0.05, 0.1) is 11.4 Å². The number of hydrogen-bond acceptors (Lipinski definition) is 2. The lowest BCUT2D eigenvalue weighted by Gasteiger charge is -2.31. The molecule has 0 radical (unpaired) electrons. The van der Waals surface area contributed by atoms with E-state index in [1.165, 1.54) is 14.9 Å². The fourth-order valence-corrected chi connectivity index (χ4v) is 2.19. The highest BCUT2D eigenvalue weighted by molar-refractivity contribution is 14.1. The minimum Gasteiger partial charge on any atom is -0.382 e. The maximum absolute atomic E-state index is 3.42. The van der Waals surface area contributed by atoms with Crippen LogP contribution < -0.4 is 10.2 Å². The highest BCUT2D eigenvalue weighted by Crippen LogP contribution is 2.29. The summed E-state index contributed by atoms with van der Waals surface area (Å²) in [5.74, 6) is 0. The summed E-state index contributed by atoms with van der Waals surface area (Å²) in [5, 5.41) is 3.42. The van der Waals surface area contributed by atoms with Crippen LogP contribution in [0.3, 0.4) is 0 Å². The van der Waals surface area contributed by atoms with Crippen molar-refractivity contribution in [2.45, 2.75) is 6.92 Å². The minimum atomic E-state index is 1.06. The van der Waals surface area contributed by atoms with E-state index in [-0.39, 0.29) is 0 Å². The molecule has 1 aliphatic heterocycles. The van der Waals surface area contributed by atoms with Crippen molar-refractivity contribution in [3.8, 4) is 0 Å². The third-order valence-corrected chi connectivity index (χ3v) is 3.05. The first kappa shape index (κ1) is 9.12. The molecule has 1 aromatic rings. The van der Waals surface area contributed by atoms with Crippen molar-refractivity contribution in [3.05, 3.63) is 21.8 Å². The number of likely N-dealkylation sites (N-methyl/N-ethyl adjacent to an activating group) is 1. The number of anilines is 2. The first-order chi connectivity index (χ1) is 6.31. The van der Waals surface area contributed by atoms with E-state index in [4.69, 9.17) is 0 Å². The molecular weight excluding hydrogens is 275 g/mol. The Hall–Kier alpha value is -0.450. The zero-order valence-electron chi connectivity index (χ0n) is 7.68. The van der Waals surface area contributed by atoms with Crippen molar-refractivity contribution in [2.24, 2.45) is 0 Å². The van der Waals surface area contributed by atoms with Crippen LogP contribution in [0.1, 0.15) is 6.92 Å². The maximum atomic E-state index is 3.42. The second-order valence-electron chi connectivity index (χ2n) is 3.17. The monoisotopic (exact) mass is 288 g/mol. The normalized spacial score (nSPS) is 15.1. The van der Waals surface area contributed by atoms with Crippen molar-refractivity contribution in [2.75, 3.05) is 29.9 Å². The lowest BCUT2D eigenvalue weighted by molar-refractivity contribution is 0.814. The van der Waals surface area contributed by atoms with E-state index in [9.17, 15) is 0 Å². The van der Waals surface area contributed by atoms with Gasteiger partial charge in [-0.15, -0.1) is 0 Å². The van der Waals surface area contributed by atoms with Crippen molar-refractivity contribution >= 4 is 34.0 Å². The fourth-order valence-electron chi connectivity index (χ4n) is 1.70. The van der Waals surface area contributed by atoms with E-state index in [2.05, 4.69) is 57.9 Å². The van der Waals surface area contributed by atoms with Crippen LogP contribution in [0.25, 0.3) is 0 Å². The number of halogens is 1. The van der Waals surface area contributed by atoms with Gasteiger partial charge < -0.3 is 10.2 Å². The predicted molar refractivity (Wildman–Crippen MR) is 65.5 cm³/mol. The van der Waals surface area contributed by atoms with E-state index in [1.54, 1.807) is 0 Å². The van der Waals surface area contributed by atoms with E-state index >= 15 is 0 Å². The Kier molecular flexibility index (Phi) is 2.62. The van der Waals surface area contributed by atoms with Crippen LogP contribution in [0.2, 0.25) is 0 Å². The second kappa shape index (κ2) is 3.74. The smallest absolute Gasteiger partial charge is 0.0603 e. The summed E-state index contributed by atoms with van der Waals surface area (Å²) < 4.78 is 1.29. The zero-order valence-corrected chi connectivity index (χ0v) is 9.84. The molecule has 0 aliphatic carbocycles. The Bertz CT molecular complexity index is 312. The summed E-state index contributed by atoms with van der Waals surface area (Å²) in [5.41, 5.74) is 2.62. The third kappa shape index (κ3) is 1.75. The molecule has 1 N–H and O–H groups in total. The molecule has 0 amide bonds. The summed E-state index contributed by atoms with van der Waals surface area (Å²) in [4.78, 5) is 2.40. The van der Waals surface area contributed by atoms with Gasteiger partial charge in [0.25, 0.3) is 0 Å². The molecule has 0 saturated heterocycles. The number of rotatable bonds is 1. The second-order valence-corrected chi connectivity index (χ2v) is 4.41. The molecule has 1 aliphatic rings. The van der Waals surface area contributed by atoms with Gasteiger partial charge in [-0.05, 0) is 47.7 Å². The van der Waals surface area contributed by atoms with Crippen LogP contribution in [0.4, 0.5) is 11.4 Å². The highest BCUT2D eigenvalue weighted by atomic mass is 127. The zero-order chi connectivity index (χ0) is 9.26. The summed E-state index contributed by atoms with van der Waals surface area (Å²) in [7, 11) is 0. The van der Waals surface area contributed by atoms with Gasteiger partial charge in [-0.2, -0.15) is 0 Å². The van der Waals surface area contributed by atoms with Gasteiger partial charge in [-0.3, -0.25) is 0 Å².